The van der Waals surface area contributed by atoms with Gasteiger partial charge in [0.25, 0.3) is 21.8 Å². The van der Waals surface area contributed by atoms with Gasteiger partial charge in [-0.05, 0) is 48.5 Å². The van der Waals surface area contributed by atoms with E-state index in [2.05, 4.69) is 10.6 Å². The Hall–Kier alpha value is -4.37. The van der Waals surface area contributed by atoms with Gasteiger partial charge in [-0.2, -0.15) is 0 Å². The number of nitrogens with zero attached hydrogens (tertiary/aromatic N) is 1. The number of para-hydroxylation sites is 2. The van der Waals surface area contributed by atoms with Gasteiger partial charge in [-0.1, -0.05) is 42.5 Å². The van der Waals surface area contributed by atoms with Crippen LogP contribution in [0.5, 0.6) is 0 Å². The number of hydrogen-bond donors (Lipinski definition) is 2. The number of amides is 2. The van der Waals surface area contributed by atoms with Crippen molar-refractivity contribution in [1.82, 2.24) is 5.32 Å². The number of carbonyl (C=O) groups excluding carboxylic acids is 2. The van der Waals surface area contributed by atoms with Crippen LogP contribution in [0, 0.1) is 0 Å². The van der Waals surface area contributed by atoms with Crippen LogP contribution < -0.4 is 14.9 Å². The Kier molecular flexibility index (Phi) is 6.98. The summed E-state index contributed by atoms with van der Waals surface area (Å²) >= 11 is 0. The van der Waals surface area contributed by atoms with E-state index in [1.807, 2.05) is 0 Å². The molecule has 35 heavy (non-hydrogen) atoms. The third-order valence-electron chi connectivity index (χ3n) is 5.31. The van der Waals surface area contributed by atoms with Gasteiger partial charge < -0.3 is 15.1 Å². The maximum atomic E-state index is 13.2. The van der Waals surface area contributed by atoms with E-state index in [1.165, 1.54) is 31.5 Å². The van der Waals surface area contributed by atoms with Crippen LogP contribution in [0.15, 0.2) is 107 Å². The van der Waals surface area contributed by atoms with E-state index in [0.717, 1.165) is 4.31 Å². The largest absolute Gasteiger partial charge is 0.467 e. The van der Waals surface area contributed by atoms with Crippen molar-refractivity contribution in [3.05, 3.63) is 114 Å². The maximum absolute atomic E-state index is 13.2. The van der Waals surface area contributed by atoms with Crippen LogP contribution in [0.25, 0.3) is 0 Å². The van der Waals surface area contributed by atoms with Crippen molar-refractivity contribution < 1.29 is 22.4 Å². The predicted octanol–water partition coefficient (Wildman–Crippen LogP) is 4.29. The molecule has 9 heteroatoms. The fourth-order valence-electron chi connectivity index (χ4n) is 3.48. The lowest BCUT2D eigenvalue weighted by atomic mass is 10.1. The quantitative estimate of drug-likeness (QED) is 0.384. The standard InChI is InChI=1S/C26H23N3O5S/c1-29(35(32,33)20-11-3-2-4-12-20)24-16-8-6-14-22(24)26(31)28-23-15-7-5-13-21(23)25(30)27-18-19-10-9-17-34-19/h2-17H,18H2,1H3,(H,27,30)(H,28,31). The molecular formula is C26H23N3O5S. The summed E-state index contributed by atoms with van der Waals surface area (Å²) in [6.45, 7) is 0.194. The van der Waals surface area contributed by atoms with Gasteiger partial charge >= 0.3 is 0 Å². The fraction of sp³-hybridized carbons (Fsp3) is 0.0769. The molecule has 1 heterocycles. The maximum Gasteiger partial charge on any atom is 0.264 e. The highest BCUT2D eigenvalue weighted by Gasteiger charge is 2.25. The first kappa shape index (κ1) is 23.8. The predicted molar refractivity (Wildman–Crippen MR) is 133 cm³/mol. The zero-order valence-electron chi connectivity index (χ0n) is 18.8. The van der Waals surface area contributed by atoms with Gasteiger partial charge in [-0.15, -0.1) is 0 Å². The molecule has 4 rings (SSSR count). The van der Waals surface area contributed by atoms with E-state index < -0.39 is 21.8 Å². The minimum absolute atomic E-state index is 0.108. The van der Waals surface area contributed by atoms with Crippen molar-refractivity contribution >= 4 is 33.2 Å². The molecule has 0 saturated heterocycles. The third kappa shape index (κ3) is 5.25. The molecular weight excluding hydrogens is 466 g/mol. The SMILES string of the molecule is CN(c1ccccc1C(=O)Nc1ccccc1C(=O)NCc1ccco1)S(=O)(=O)c1ccccc1. The highest BCUT2D eigenvalue weighted by molar-refractivity contribution is 7.92. The van der Waals surface area contributed by atoms with Crippen LogP contribution in [0.1, 0.15) is 26.5 Å². The second-order valence-electron chi connectivity index (χ2n) is 7.56. The van der Waals surface area contributed by atoms with Gasteiger partial charge in [0.1, 0.15) is 5.76 Å². The summed E-state index contributed by atoms with van der Waals surface area (Å²) in [5.74, 6) is -0.354. The highest BCUT2D eigenvalue weighted by Crippen LogP contribution is 2.27. The number of anilines is 2. The molecule has 0 unspecified atom stereocenters. The van der Waals surface area contributed by atoms with E-state index in [-0.39, 0.29) is 33.9 Å². The molecule has 2 amide bonds. The van der Waals surface area contributed by atoms with Crippen LogP contribution in [0.2, 0.25) is 0 Å². The molecule has 2 N–H and O–H groups in total. The number of carbonyl (C=O) groups is 2. The molecule has 0 saturated carbocycles. The number of hydrogen-bond acceptors (Lipinski definition) is 5. The third-order valence-corrected chi connectivity index (χ3v) is 7.10. The number of benzene rings is 3. The summed E-state index contributed by atoms with van der Waals surface area (Å²) in [5, 5.41) is 5.49. The zero-order valence-corrected chi connectivity index (χ0v) is 19.7. The summed E-state index contributed by atoms with van der Waals surface area (Å²) < 4.78 is 32.5. The van der Waals surface area contributed by atoms with E-state index in [9.17, 15) is 18.0 Å². The number of nitrogens with one attached hydrogen (secondary N) is 2. The second-order valence-corrected chi connectivity index (χ2v) is 9.53. The molecule has 0 spiro atoms. The molecule has 0 aliphatic carbocycles. The molecule has 0 atom stereocenters. The molecule has 0 radical (unpaired) electrons. The number of furan rings is 1. The molecule has 0 aliphatic heterocycles. The normalized spacial score (nSPS) is 11.0. The van der Waals surface area contributed by atoms with Gasteiger partial charge in [0.15, 0.2) is 0 Å². The van der Waals surface area contributed by atoms with Crippen LogP contribution >= 0.6 is 0 Å². The lowest BCUT2D eigenvalue weighted by Gasteiger charge is -2.22. The van der Waals surface area contributed by atoms with Crippen molar-refractivity contribution in [2.24, 2.45) is 0 Å². The fourth-order valence-corrected chi connectivity index (χ4v) is 4.71. The van der Waals surface area contributed by atoms with Gasteiger partial charge in [-0.25, -0.2) is 8.42 Å². The van der Waals surface area contributed by atoms with E-state index in [4.69, 9.17) is 4.42 Å². The molecule has 0 fully saturated rings. The first-order valence-electron chi connectivity index (χ1n) is 10.7. The smallest absolute Gasteiger partial charge is 0.264 e. The summed E-state index contributed by atoms with van der Waals surface area (Å²) in [5.41, 5.74) is 0.891. The number of sulfonamides is 1. The molecule has 8 nitrogen and oxygen atoms in total. The Balaban J connectivity index is 1.58. The molecule has 4 aromatic rings. The Morgan fingerprint density at radius 2 is 1.46 bits per heavy atom. The van der Waals surface area contributed by atoms with Crippen LogP contribution in [0.3, 0.4) is 0 Å². The molecule has 0 bridgehead atoms. The van der Waals surface area contributed by atoms with Crippen LogP contribution in [-0.4, -0.2) is 27.3 Å². The Bertz CT molecular complexity index is 1430. The minimum atomic E-state index is -3.89. The Morgan fingerprint density at radius 3 is 2.17 bits per heavy atom. The molecule has 178 valence electrons. The lowest BCUT2D eigenvalue weighted by molar-refractivity contribution is 0.0949. The number of rotatable bonds is 8. The van der Waals surface area contributed by atoms with Crippen molar-refractivity contribution in [3.63, 3.8) is 0 Å². The van der Waals surface area contributed by atoms with E-state index in [1.54, 1.807) is 72.8 Å². The first-order valence-corrected chi connectivity index (χ1v) is 12.2. The van der Waals surface area contributed by atoms with Crippen molar-refractivity contribution in [2.75, 3.05) is 16.7 Å². The first-order chi connectivity index (χ1) is 16.9. The van der Waals surface area contributed by atoms with Gasteiger partial charge in [0.05, 0.1) is 40.2 Å². The summed E-state index contributed by atoms with van der Waals surface area (Å²) in [4.78, 5) is 26.1. The highest BCUT2D eigenvalue weighted by atomic mass is 32.2. The van der Waals surface area contributed by atoms with E-state index in [0.29, 0.717) is 5.76 Å². The molecule has 0 aliphatic rings. The van der Waals surface area contributed by atoms with Gasteiger partial charge in [0.2, 0.25) is 0 Å². The minimum Gasteiger partial charge on any atom is -0.467 e. The second kappa shape index (κ2) is 10.3. The molecule has 3 aromatic carbocycles. The van der Waals surface area contributed by atoms with Crippen molar-refractivity contribution in [3.8, 4) is 0 Å². The lowest BCUT2D eigenvalue weighted by Crippen LogP contribution is -2.29. The average molecular weight is 490 g/mol. The van der Waals surface area contributed by atoms with Crippen LogP contribution in [0.4, 0.5) is 11.4 Å². The summed E-state index contributed by atoms with van der Waals surface area (Å²) in [6.07, 6.45) is 1.52. The van der Waals surface area contributed by atoms with Gasteiger partial charge in [-0.3, -0.25) is 13.9 Å². The van der Waals surface area contributed by atoms with Gasteiger partial charge in [0, 0.05) is 7.05 Å². The summed E-state index contributed by atoms with van der Waals surface area (Å²) in [6, 6.07) is 24.4. The Morgan fingerprint density at radius 1 is 0.800 bits per heavy atom. The van der Waals surface area contributed by atoms with Crippen molar-refractivity contribution in [1.29, 1.82) is 0 Å². The van der Waals surface area contributed by atoms with Crippen molar-refractivity contribution in [2.45, 2.75) is 11.4 Å². The van der Waals surface area contributed by atoms with Crippen LogP contribution in [-0.2, 0) is 16.6 Å². The average Bonchev–Trinajstić information content (AvgIpc) is 3.41. The zero-order chi connectivity index (χ0) is 24.8. The Labute approximate surface area is 203 Å². The van der Waals surface area contributed by atoms with E-state index >= 15 is 0 Å². The molecule has 1 aromatic heterocycles. The summed E-state index contributed by atoms with van der Waals surface area (Å²) in [7, 11) is -2.50. The topological polar surface area (TPSA) is 109 Å². The monoisotopic (exact) mass is 489 g/mol.